The fourth-order valence-electron chi connectivity index (χ4n) is 4.24. The van der Waals surface area contributed by atoms with E-state index in [0.29, 0.717) is 38.9 Å². The third-order valence-corrected chi connectivity index (χ3v) is 7.10. The minimum Gasteiger partial charge on any atom is -0.496 e. The summed E-state index contributed by atoms with van der Waals surface area (Å²) >= 11 is 1.38. The van der Waals surface area contributed by atoms with Crippen LogP contribution >= 0.6 is 11.3 Å². The van der Waals surface area contributed by atoms with Crippen LogP contribution in [0.1, 0.15) is 38.3 Å². The highest BCUT2D eigenvalue weighted by Crippen LogP contribution is 2.47. The maximum Gasteiger partial charge on any atom is 0.297 e. The van der Waals surface area contributed by atoms with E-state index in [1.54, 1.807) is 36.4 Å². The number of methoxy groups -OCH3 is 3. The number of anilines is 1. The van der Waals surface area contributed by atoms with Crippen LogP contribution in [0.25, 0.3) is 11.0 Å². The molecule has 0 aliphatic carbocycles. The largest absolute Gasteiger partial charge is 0.496 e. The number of ether oxygens (including phenoxy) is 3. The van der Waals surface area contributed by atoms with E-state index >= 15 is 0 Å². The Labute approximate surface area is 199 Å². The van der Waals surface area contributed by atoms with Gasteiger partial charge < -0.3 is 18.6 Å². The number of hydrogen-bond donors (Lipinski definition) is 0. The second-order valence-corrected chi connectivity index (χ2v) is 9.02. The van der Waals surface area contributed by atoms with Crippen molar-refractivity contribution in [2.24, 2.45) is 0 Å². The molecular weight excluding hydrogens is 456 g/mol. The highest BCUT2D eigenvalue weighted by atomic mass is 32.1. The average molecular weight is 479 g/mol. The van der Waals surface area contributed by atoms with Crippen molar-refractivity contribution in [1.82, 2.24) is 4.98 Å². The summed E-state index contributed by atoms with van der Waals surface area (Å²) in [5.74, 6) is 0.900. The van der Waals surface area contributed by atoms with Crippen molar-refractivity contribution in [2.75, 3.05) is 26.2 Å². The molecular formula is C25H22N2O6S. The summed E-state index contributed by atoms with van der Waals surface area (Å²) in [5.41, 5.74) is 1.68. The SMILES string of the molecule is COc1cc(OC)c([C@H]2c3c(oc4ccccc4c3=O)C(=O)N2c2nc(C)c(C)s2)cc1OC. The molecule has 0 radical (unpaired) electrons. The first kappa shape index (κ1) is 22.0. The van der Waals surface area contributed by atoms with Gasteiger partial charge in [-0.3, -0.25) is 14.5 Å². The summed E-state index contributed by atoms with van der Waals surface area (Å²) in [4.78, 5) is 34.6. The molecule has 8 nitrogen and oxygen atoms in total. The quantitative estimate of drug-likeness (QED) is 0.413. The average Bonchev–Trinajstić information content (AvgIpc) is 3.33. The van der Waals surface area contributed by atoms with Crippen molar-refractivity contribution >= 4 is 33.3 Å². The Morgan fingerprint density at radius 3 is 2.29 bits per heavy atom. The van der Waals surface area contributed by atoms with Gasteiger partial charge in [-0.2, -0.15) is 0 Å². The van der Waals surface area contributed by atoms with E-state index in [0.717, 1.165) is 10.6 Å². The first-order valence-corrected chi connectivity index (χ1v) is 11.3. The van der Waals surface area contributed by atoms with Crippen LogP contribution in [-0.2, 0) is 0 Å². The first-order chi connectivity index (χ1) is 16.4. The zero-order valence-corrected chi connectivity index (χ0v) is 20.1. The third kappa shape index (κ3) is 3.15. The lowest BCUT2D eigenvalue weighted by Gasteiger charge is -2.25. The predicted molar refractivity (Wildman–Crippen MR) is 129 cm³/mol. The fourth-order valence-corrected chi connectivity index (χ4v) is 5.17. The molecule has 0 spiro atoms. The van der Waals surface area contributed by atoms with Gasteiger partial charge in [0.2, 0.25) is 5.76 Å². The number of hydrogen-bond acceptors (Lipinski definition) is 8. The molecule has 0 saturated heterocycles. The number of thiazole rings is 1. The lowest BCUT2D eigenvalue weighted by Crippen LogP contribution is -2.29. The van der Waals surface area contributed by atoms with Crippen LogP contribution in [0.4, 0.5) is 5.13 Å². The van der Waals surface area contributed by atoms with Gasteiger partial charge in [-0.25, -0.2) is 4.98 Å². The lowest BCUT2D eigenvalue weighted by atomic mass is 9.97. The number of aromatic nitrogens is 1. The summed E-state index contributed by atoms with van der Waals surface area (Å²) in [5, 5.41) is 0.864. The Morgan fingerprint density at radius 1 is 0.971 bits per heavy atom. The third-order valence-electron chi connectivity index (χ3n) is 6.03. The van der Waals surface area contributed by atoms with Crippen molar-refractivity contribution in [3.05, 3.63) is 74.1 Å². The van der Waals surface area contributed by atoms with Crippen LogP contribution < -0.4 is 24.5 Å². The Bertz CT molecular complexity index is 1490. The number of amides is 1. The smallest absolute Gasteiger partial charge is 0.297 e. The van der Waals surface area contributed by atoms with E-state index in [9.17, 15) is 9.59 Å². The van der Waals surface area contributed by atoms with Crippen molar-refractivity contribution in [2.45, 2.75) is 19.9 Å². The van der Waals surface area contributed by atoms with Gasteiger partial charge >= 0.3 is 0 Å². The molecule has 3 heterocycles. The van der Waals surface area contributed by atoms with E-state index < -0.39 is 11.9 Å². The highest BCUT2D eigenvalue weighted by molar-refractivity contribution is 7.15. The van der Waals surface area contributed by atoms with Gasteiger partial charge in [-0.05, 0) is 32.0 Å². The second-order valence-electron chi connectivity index (χ2n) is 7.84. The molecule has 1 atom stereocenters. The van der Waals surface area contributed by atoms with Crippen LogP contribution in [0, 0.1) is 13.8 Å². The van der Waals surface area contributed by atoms with E-state index in [1.165, 1.54) is 37.6 Å². The molecule has 0 fully saturated rings. The number of carbonyl (C=O) groups excluding carboxylic acids is 1. The van der Waals surface area contributed by atoms with Gasteiger partial charge in [0.05, 0.1) is 38.0 Å². The van der Waals surface area contributed by atoms with Gasteiger partial charge in [0, 0.05) is 16.5 Å². The Hall–Kier alpha value is -3.85. The molecule has 5 rings (SSSR count). The van der Waals surface area contributed by atoms with Gasteiger partial charge in [0.25, 0.3) is 5.91 Å². The summed E-state index contributed by atoms with van der Waals surface area (Å²) in [7, 11) is 4.57. The minimum absolute atomic E-state index is 0.00366. The fraction of sp³-hybridized carbons (Fsp3) is 0.240. The lowest BCUT2D eigenvalue weighted by molar-refractivity contribution is 0.0970. The number of rotatable bonds is 5. The number of benzene rings is 2. The highest BCUT2D eigenvalue weighted by Gasteiger charge is 2.46. The molecule has 174 valence electrons. The molecule has 2 aromatic heterocycles. The van der Waals surface area contributed by atoms with Crippen molar-refractivity contribution in [1.29, 1.82) is 0 Å². The molecule has 0 N–H and O–H groups in total. The van der Waals surface area contributed by atoms with Crippen LogP contribution in [0.3, 0.4) is 0 Å². The summed E-state index contributed by atoms with van der Waals surface area (Å²) in [6.45, 7) is 3.82. The standard InChI is InChI=1S/C25H22N2O6S/c1-12-13(2)34-25(26-12)27-21(15-10-18(31-4)19(32-5)11-17(15)30-3)20-22(28)14-8-6-7-9-16(14)33-23(20)24(27)29/h6-11,21H,1-5H3/t21-/m0/s1. The Balaban J connectivity index is 1.86. The number of aryl methyl sites for hydroxylation is 2. The van der Waals surface area contributed by atoms with E-state index in [1.807, 2.05) is 13.8 Å². The maximum atomic E-state index is 13.7. The molecule has 1 aliphatic rings. The monoisotopic (exact) mass is 478 g/mol. The summed E-state index contributed by atoms with van der Waals surface area (Å²) in [6, 6.07) is 9.46. The zero-order valence-electron chi connectivity index (χ0n) is 19.3. The van der Waals surface area contributed by atoms with Crippen molar-refractivity contribution in [3.8, 4) is 17.2 Å². The molecule has 1 aliphatic heterocycles. The van der Waals surface area contributed by atoms with Crippen molar-refractivity contribution in [3.63, 3.8) is 0 Å². The number of carbonyl (C=O) groups is 1. The maximum absolute atomic E-state index is 13.7. The van der Waals surface area contributed by atoms with Gasteiger partial charge in [-0.1, -0.05) is 12.1 Å². The molecule has 2 aromatic carbocycles. The Morgan fingerprint density at radius 2 is 1.65 bits per heavy atom. The predicted octanol–water partition coefficient (Wildman–Crippen LogP) is 4.64. The summed E-state index contributed by atoms with van der Waals surface area (Å²) < 4.78 is 22.6. The molecule has 34 heavy (non-hydrogen) atoms. The second kappa shape index (κ2) is 8.18. The Kier molecular flexibility index (Phi) is 5.28. The molecule has 4 aromatic rings. The molecule has 0 saturated carbocycles. The van der Waals surface area contributed by atoms with Crippen molar-refractivity contribution < 1.29 is 23.4 Å². The first-order valence-electron chi connectivity index (χ1n) is 10.5. The molecule has 0 bridgehead atoms. The normalized spacial score (nSPS) is 15.0. The van der Waals surface area contributed by atoms with Crippen LogP contribution in [0.5, 0.6) is 17.2 Å². The summed E-state index contributed by atoms with van der Waals surface area (Å²) in [6.07, 6.45) is 0. The van der Waals surface area contributed by atoms with Gasteiger partial charge in [0.1, 0.15) is 17.4 Å². The minimum atomic E-state index is -0.830. The number of para-hydroxylation sites is 1. The van der Waals surface area contributed by atoms with E-state index in [4.69, 9.17) is 18.6 Å². The van der Waals surface area contributed by atoms with E-state index in [2.05, 4.69) is 4.98 Å². The van der Waals surface area contributed by atoms with Crippen LogP contribution in [0.15, 0.2) is 45.6 Å². The van der Waals surface area contributed by atoms with Gasteiger partial charge in [0.15, 0.2) is 22.1 Å². The molecule has 1 amide bonds. The number of fused-ring (bicyclic) bond motifs is 2. The number of nitrogens with zero attached hydrogens (tertiary/aromatic N) is 2. The van der Waals surface area contributed by atoms with Gasteiger partial charge in [-0.15, -0.1) is 11.3 Å². The molecule has 9 heteroatoms. The molecule has 0 unspecified atom stereocenters. The van der Waals surface area contributed by atoms with E-state index in [-0.39, 0.29) is 16.8 Å². The van der Waals surface area contributed by atoms with Crippen LogP contribution in [0.2, 0.25) is 0 Å². The zero-order chi connectivity index (χ0) is 24.1. The van der Waals surface area contributed by atoms with Crippen LogP contribution in [-0.4, -0.2) is 32.2 Å². The topological polar surface area (TPSA) is 91.1 Å².